The fourth-order valence-corrected chi connectivity index (χ4v) is 8.22. The Hall–Kier alpha value is -7.48. The molecule has 10 aromatic carbocycles. The number of fused-ring (bicyclic) bond motifs is 3. The molecule has 0 radical (unpaired) electrons. The maximum absolute atomic E-state index is 2.33. The first kappa shape index (κ1) is 34.0. The molecule has 1 nitrogen and oxygen atoms in total. The van der Waals surface area contributed by atoms with Gasteiger partial charge < -0.3 is 4.90 Å². The number of hydrogen-bond donors (Lipinski definition) is 0. The lowest BCUT2D eigenvalue weighted by Crippen LogP contribution is -2.09. The molecule has 10 aromatic rings. The standard InChI is InChI=1S/C56H39N/c1-4-14-43(15-5-1)52-37-32-46(38-55(52)44-16-6-2-7-17-44)42-30-35-50(36-31-42)57(48-19-8-3-9-20-48)49-33-28-41(29-34-49)40-24-26-45(27-25-40)56-39-47-18-10-11-21-51(47)53-22-12-13-23-54(53)56/h1-39H. The number of anilines is 3. The van der Waals surface area contributed by atoms with Crippen molar-refractivity contribution in [3.63, 3.8) is 0 Å². The Morgan fingerprint density at radius 1 is 0.211 bits per heavy atom. The van der Waals surface area contributed by atoms with E-state index in [0.29, 0.717) is 0 Å². The maximum Gasteiger partial charge on any atom is 0.0462 e. The third-order valence-electron chi connectivity index (χ3n) is 11.1. The van der Waals surface area contributed by atoms with Crippen LogP contribution in [-0.4, -0.2) is 0 Å². The smallest absolute Gasteiger partial charge is 0.0462 e. The van der Waals surface area contributed by atoms with Crippen LogP contribution in [0, 0.1) is 0 Å². The van der Waals surface area contributed by atoms with Crippen LogP contribution in [0.15, 0.2) is 237 Å². The van der Waals surface area contributed by atoms with Crippen molar-refractivity contribution in [3.05, 3.63) is 237 Å². The quantitative estimate of drug-likeness (QED) is 0.141. The van der Waals surface area contributed by atoms with Crippen LogP contribution in [0.4, 0.5) is 17.1 Å². The van der Waals surface area contributed by atoms with E-state index in [1.165, 1.54) is 77.2 Å². The average Bonchev–Trinajstić information content (AvgIpc) is 3.30. The molecular formula is C56H39N. The van der Waals surface area contributed by atoms with E-state index in [1.807, 2.05) is 0 Å². The molecule has 0 heterocycles. The van der Waals surface area contributed by atoms with Gasteiger partial charge in [0.1, 0.15) is 0 Å². The highest BCUT2D eigenvalue weighted by molar-refractivity contribution is 6.13. The molecule has 0 unspecified atom stereocenters. The van der Waals surface area contributed by atoms with Crippen molar-refractivity contribution in [2.24, 2.45) is 0 Å². The molecule has 57 heavy (non-hydrogen) atoms. The summed E-state index contributed by atoms with van der Waals surface area (Å²) in [6.45, 7) is 0. The molecule has 0 aliphatic carbocycles. The predicted octanol–water partition coefficient (Wildman–Crippen LogP) is 15.8. The van der Waals surface area contributed by atoms with Crippen molar-refractivity contribution in [2.75, 3.05) is 4.90 Å². The fraction of sp³-hybridized carbons (Fsp3) is 0. The summed E-state index contributed by atoms with van der Waals surface area (Å²) in [5, 5.41) is 5.12. The van der Waals surface area contributed by atoms with Crippen LogP contribution in [0.5, 0.6) is 0 Å². The second-order valence-electron chi connectivity index (χ2n) is 14.5. The van der Waals surface area contributed by atoms with Gasteiger partial charge in [-0.15, -0.1) is 0 Å². The lowest BCUT2D eigenvalue weighted by atomic mass is 9.91. The molecular weight excluding hydrogens is 687 g/mol. The fourth-order valence-electron chi connectivity index (χ4n) is 8.22. The highest BCUT2D eigenvalue weighted by Crippen LogP contribution is 2.40. The van der Waals surface area contributed by atoms with Crippen LogP contribution in [0.25, 0.3) is 77.2 Å². The molecule has 0 saturated heterocycles. The molecule has 0 saturated carbocycles. The minimum absolute atomic E-state index is 1.11. The van der Waals surface area contributed by atoms with Gasteiger partial charge in [0.05, 0.1) is 0 Å². The van der Waals surface area contributed by atoms with Crippen molar-refractivity contribution in [1.29, 1.82) is 0 Å². The van der Waals surface area contributed by atoms with Crippen LogP contribution in [0.2, 0.25) is 0 Å². The van der Waals surface area contributed by atoms with Crippen LogP contribution < -0.4 is 4.90 Å². The first-order valence-electron chi connectivity index (χ1n) is 19.6. The van der Waals surface area contributed by atoms with Gasteiger partial charge in [-0.1, -0.05) is 188 Å². The second kappa shape index (κ2) is 15.0. The Morgan fingerprint density at radius 3 is 1.23 bits per heavy atom. The van der Waals surface area contributed by atoms with Gasteiger partial charge in [-0.05, 0) is 126 Å². The zero-order valence-electron chi connectivity index (χ0n) is 31.5. The largest absolute Gasteiger partial charge is 0.311 e. The van der Waals surface area contributed by atoms with E-state index < -0.39 is 0 Å². The van der Waals surface area contributed by atoms with Crippen molar-refractivity contribution in [1.82, 2.24) is 0 Å². The minimum atomic E-state index is 1.11. The lowest BCUT2D eigenvalue weighted by Gasteiger charge is -2.26. The number of benzene rings is 10. The highest BCUT2D eigenvalue weighted by atomic mass is 15.1. The number of rotatable bonds is 8. The molecule has 0 spiro atoms. The van der Waals surface area contributed by atoms with Crippen molar-refractivity contribution >= 4 is 38.6 Å². The van der Waals surface area contributed by atoms with Gasteiger partial charge in [0.25, 0.3) is 0 Å². The summed E-state index contributed by atoms with van der Waals surface area (Å²) < 4.78 is 0. The van der Waals surface area contributed by atoms with E-state index in [2.05, 4.69) is 241 Å². The lowest BCUT2D eigenvalue weighted by molar-refractivity contribution is 1.28. The Labute approximate surface area is 334 Å². The first-order chi connectivity index (χ1) is 28.3. The molecule has 0 aliphatic rings. The average molecular weight is 726 g/mol. The summed E-state index contributed by atoms with van der Waals surface area (Å²) in [5.41, 5.74) is 15.4. The van der Waals surface area contributed by atoms with Crippen LogP contribution >= 0.6 is 0 Å². The van der Waals surface area contributed by atoms with E-state index >= 15 is 0 Å². The first-order valence-corrected chi connectivity index (χ1v) is 19.6. The zero-order chi connectivity index (χ0) is 38.0. The Morgan fingerprint density at radius 2 is 0.614 bits per heavy atom. The molecule has 1 heteroatoms. The second-order valence-corrected chi connectivity index (χ2v) is 14.5. The molecule has 268 valence electrons. The van der Waals surface area contributed by atoms with Crippen molar-refractivity contribution in [3.8, 4) is 55.6 Å². The summed E-state index contributed by atoms with van der Waals surface area (Å²) in [5.74, 6) is 0. The molecule has 0 N–H and O–H groups in total. The Balaban J connectivity index is 0.956. The summed E-state index contributed by atoms with van der Waals surface area (Å²) >= 11 is 0. The number of hydrogen-bond acceptors (Lipinski definition) is 1. The van der Waals surface area contributed by atoms with Gasteiger partial charge in [0.2, 0.25) is 0 Å². The van der Waals surface area contributed by atoms with Gasteiger partial charge in [-0.25, -0.2) is 0 Å². The van der Waals surface area contributed by atoms with E-state index in [9.17, 15) is 0 Å². The van der Waals surface area contributed by atoms with E-state index in [1.54, 1.807) is 0 Å². The maximum atomic E-state index is 2.33. The summed E-state index contributed by atoms with van der Waals surface area (Å²) in [7, 11) is 0. The minimum Gasteiger partial charge on any atom is -0.311 e. The van der Waals surface area contributed by atoms with Crippen LogP contribution in [0.1, 0.15) is 0 Å². The molecule has 0 atom stereocenters. The zero-order valence-corrected chi connectivity index (χ0v) is 31.5. The molecule has 0 aliphatic heterocycles. The van der Waals surface area contributed by atoms with Gasteiger partial charge in [-0.2, -0.15) is 0 Å². The summed E-state index contributed by atoms with van der Waals surface area (Å²) in [6.07, 6.45) is 0. The number of nitrogens with zero attached hydrogens (tertiary/aromatic N) is 1. The van der Waals surface area contributed by atoms with E-state index in [-0.39, 0.29) is 0 Å². The van der Waals surface area contributed by atoms with Gasteiger partial charge in [0.15, 0.2) is 0 Å². The topological polar surface area (TPSA) is 3.24 Å². The Bertz CT molecular complexity index is 2950. The number of para-hydroxylation sites is 1. The van der Waals surface area contributed by atoms with Crippen LogP contribution in [0.3, 0.4) is 0 Å². The van der Waals surface area contributed by atoms with E-state index in [4.69, 9.17) is 0 Å². The van der Waals surface area contributed by atoms with Gasteiger partial charge in [-0.3, -0.25) is 0 Å². The highest BCUT2D eigenvalue weighted by Gasteiger charge is 2.15. The summed E-state index contributed by atoms with van der Waals surface area (Å²) in [4.78, 5) is 2.33. The van der Waals surface area contributed by atoms with Crippen molar-refractivity contribution in [2.45, 2.75) is 0 Å². The normalized spacial score (nSPS) is 11.2. The SMILES string of the molecule is c1ccc(-c2ccc(-c3ccc(N(c4ccccc4)c4ccc(-c5ccc(-c6cc7ccccc7c7ccccc67)cc5)cc4)cc3)cc2-c2ccccc2)cc1. The molecule has 10 rings (SSSR count). The van der Waals surface area contributed by atoms with Gasteiger partial charge >= 0.3 is 0 Å². The molecule has 0 fully saturated rings. The van der Waals surface area contributed by atoms with Crippen molar-refractivity contribution < 1.29 is 0 Å². The summed E-state index contributed by atoms with van der Waals surface area (Å²) in [6, 6.07) is 85.4. The van der Waals surface area contributed by atoms with E-state index in [0.717, 1.165) is 17.1 Å². The molecule has 0 bridgehead atoms. The monoisotopic (exact) mass is 725 g/mol. The molecule has 0 aromatic heterocycles. The van der Waals surface area contributed by atoms with Crippen LogP contribution in [-0.2, 0) is 0 Å². The third-order valence-corrected chi connectivity index (χ3v) is 11.1. The predicted molar refractivity (Wildman–Crippen MR) is 243 cm³/mol. The Kier molecular flexibility index (Phi) is 8.95. The molecule has 0 amide bonds. The third kappa shape index (κ3) is 6.66. The van der Waals surface area contributed by atoms with Gasteiger partial charge in [0, 0.05) is 17.1 Å².